The van der Waals surface area contributed by atoms with Crippen molar-refractivity contribution in [3.8, 4) is 5.82 Å². The average Bonchev–Trinajstić information content (AvgIpc) is 3.11. The molecule has 0 saturated carbocycles. The molecule has 0 bridgehead atoms. The van der Waals surface area contributed by atoms with Gasteiger partial charge in [-0.2, -0.15) is 5.10 Å². The lowest BCUT2D eigenvalue weighted by molar-refractivity contribution is 0.0686. The van der Waals surface area contributed by atoms with E-state index in [-0.39, 0.29) is 5.91 Å². The van der Waals surface area contributed by atoms with Crippen molar-refractivity contribution in [2.75, 3.05) is 26.7 Å². The predicted molar refractivity (Wildman–Crippen MR) is 97.9 cm³/mol. The Bertz CT molecular complexity index is 689. The zero-order valence-corrected chi connectivity index (χ0v) is 15.1. The zero-order valence-electron chi connectivity index (χ0n) is 15.1. The Morgan fingerprint density at radius 2 is 2.12 bits per heavy atom. The van der Waals surface area contributed by atoms with Gasteiger partial charge in [-0.25, -0.2) is 9.67 Å². The molecule has 3 heterocycles. The number of likely N-dealkylation sites (tertiary alicyclic amines) is 1. The Balaban J connectivity index is 1.72. The molecule has 1 aliphatic heterocycles. The van der Waals surface area contributed by atoms with Crippen molar-refractivity contribution in [2.24, 2.45) is 5.92 Å². The molecule has 0 spiro atoms. The van der Waals surface area contributed by atoms with E-state index in [0.717, 1.165) is 56.3 Å². The van der Waals surface area contributed by atoms with Gasteiger partial charge in [0.05, 0.1) is 17.5 Å². The molecule has 0 radical (unpaired) electrons. The molecule has 2 aromatic heterocycles. The van der Waals surface area contributed by atoms with Gasteiger partial charge < -0.3 is 10.2 Å². The summed E-state index contributed by atoms with van der Waals surface area (Å²) in [7, 11) is 1.99. The van der Waals surface area contributed by atoms with E-state index in [1.807, 2.05) is 30.1 Å². The third kappa shape index (κ3) is 3.90. The first-order valence-corrected chi connectivity index (χ1v) is 9.16. The minimum Gasteiger partial charge on any atom is -0.339 e. The fourth-order valence-corrected chi connectivity index (χ4v) is 3.51. The van der Waals surface area contributed by atoms with Gasteiger partial charge in [0.1, 0.15) is 0 Å². The van der Waals surface area contributed by atoms with Crippen LogP contribution >= 0.6 is 0 Å². The molecule has 2 aromatic rings. The number of amides is 1. The lowest BCUT2D eigenvalue weighted by atomic mass is 9.93. The van der Waals surface area contributed by atoms with Crippen molar-refractivity contribution in [2.45, 2.75) is 32.6 Å². The van der Waals surface area contributed by atoms with Crippen molar-refractivity contribution < 1.29 is 4.79 Å². The smallest absolute Gasteiger partial charge is 0.257 e. The van der Waals surface area contributed by atoms with Crippen LogP contribution in [0.4, 0.5) is 0 Å². The Morgan fingerprint density at radius 1 is 1.32 bits per heavy atom. The lowest BCUT2D eigenvalue weighted by Gasteiger charge is -2.32. The van der Waals surface area contributed by atoms with Crippen LogP contribution < -0.4 is 5.32 Å². The second kappa shape index (κ2) is 8.25. The second-order valence-electron chi connectivity index (χ2n) is 6.59. The van der Waals surface area contributed by atoms with Gasteiger partial charge in [0, 0.05) is 19.3 Å². The van der Waals surface area contributed by atoms with Gasteiger partial charge in [-0.05, 0) is 57.3 Å². The Kier molecular flexibility index (Phi) is 5.81. The summed E-state index contributed by atoms with van der Waals surface area (Å²) >= 11 is 0. The van der Waals surface area contributed by atoms with Crippen LogP contribution in [0.5, 0.6) is 0 Å². The highest BCUT2D eigenvalue weighted by molar-refractivity contribution is 5.95. The molecule has 1 amide bonds. The van der Waals surface area contributed by atoms with Gasteiger partial charge in [-0.1, -0.05) is 13.0 Å². The monoisotopic (exact) mass is 341 g/mol. The summed E-state index contributed by atoms with van der Waals surface area (Å²) in [5.74, 6) is 1.58. The van der Waals surface area contributed by atoms with E-state index in [1.165, 1.54) is 6.42 Å². The van der Waals surface area contributed by atoms with Crippen LogP contribution in [-0.2, 0) is 6.42 Å². The summed E-state index contributed by atoms with van der Waals surface area (Å²) in [5, 5.41) is 7.64. The highest BCUT2D eigenvalue weighted by Crippen LogP contribution is 2.23. The number of nitrogens with one attached hydrogen (secondary N) is 1. The Labute approximate surface area is 149 Å². The van der Waals surface area contributed by atoms with Crippen molar-refractivity contribution in [3.05, 3.63) is 41.9 Å². The number of carbonyl (C=O) groups excluding carboxylic acids is 1. The predicted octanol–water partition coefficient (Wildman–Crippen LogP) is 2.29. The number of piperidine rings is 1. The van der Waals surface area contributed by atoms with E-state index in [2.05, 4.69) is 22.3 Å². The first-order valence-electron chi connectivity index (χ1n) is 9.16. The summed E-state index contributed by atoms with van der Waals surface area (Å²) in [6.07, 6.45) is 7.55. The molecular weight excluding hydrogens is 314 g/mol. The van der Waals surface area contributed by atoms with Gasteiger partial charge in [-0.3, -0.25) is 4.79 Å². The number of pyridine rings is 1. The van der Waals surface area contributed by atoms with Crippen LogP contribution in [0.3, 0.4) is 0 Å². The summed E-state index contributed by atoms with van der Waals surface area (Å²) in [5.41, 5.74) is 1.64. The van der Waals surface area contributed by atoms with Crippen molar-refractivity contribution >= 4 is 5.91 Å². The SMILES string of the molecule is CCc1c(C(=O)N2CCC(CCNC)CC2)cnn1-c1ccccn1. The van der Waals surface area contributed by atoms with E-state index in [1.54, 1.807) is 17.1 Å². The highest BCUT2D eigenvalue weighted by Gasteiger charge is 2.26. The quantitative estimate of drug-likeness (QED) is 0.876. The van der Waals surface area contributed by atoms with Crippen molar-refractivity contribution in [1.29, 1.82) is 0 Å². The normalized spacial score (nSPS) is 15.5. The van der Waals surface area contributed by atoms with E-state index >= 15 is 0 Å². The molecule has 134 valence electrons. The maximum Gasteiger partial charge on any atom is 0.257 e. The Morgan fingerprint density at radius 3 is 2.76 bits per heavy atom. The first-order chi connectivity index (χ1) is 12.2. The molecule has 0 atom stereocenters. The van der Waals surface area contributed by atoms with Crippen LogP contribution in [0, 0.1) is 5.92 Å². The first kappa shape index (κ1) is 17.6. The number of nitrogens with zero attached hydrogens (tertiary/aromatic N) is 4. The van der Waals surface area contributed by atoms with E-state index in [0.29, 0.717) is 5.56 Å². The minimum atomic E-state index is 0.103. The molecule has 6 nitrogen and oxygen atoms in total. The maximum atomic E-state index is 13.0. The highest BCUT2D eigenvalue weighted by atomic mass is 16.2. The molecule has 1 saturated heterocycles. The standard InChI is InChI=1S/C19H27N5O/c1-3-17-16(14-22-24(17)18-6-4-5-10-21-18)19(25)23-12-8-15(9-13-23)7-11-20-2/h4-6,10,14-15,20H,3,7-9,11-13H2,1-2H3. The molecule has 0 aromatic carbocycles. The molecule has 1 N–H and O–H groups in total. The molecule has 25 heavy (non-hydrogen) atoms. The van der Waals surface area contributed by atoms with Gasteiger partial charge in [0.15, 0.2) is 5.82 Å². The Hall–Kier alpha value is -2.21. The molecule has 1 fully saturated rings. The molecule has 1 aliphatic rings. The van der Waals surface area contributed by atoms with E-state index in [4.69, 9.17) is 0 Å². The van der Waals surface area contributed by atoms with Crippen LogP contribution in [0.1, 0.15) is 42.2 Å². The van der Waals surface area contributed by atoms with E-state index < -0.39 is 0 Å². The topological polar surface area (TPSA) is 63.1 Å². The molecule has 0 unspecified atom stereocenters. The number of rotatable bonds is 6. The fraction of sp³-hybridized carbons (Fsp3) is 0.526. The molecule has 3 rings (SSSR count). The maximum absolute atomic E-state index is 13.0. The average molecular weight is 341 g/mol. The summed E-state index contributed by atoms with van der Waals surface area (Å²) in [4.78, 5) is 19.3. The van der Waals surface area contributed by atoms with Crippen molar-refractivity contribution in [1.82, 2.24) is 25.0 Å². The van der Waals surface area contributed by atoms with Gasteiger partial charge in [0.25, 0.3) is 5.91 Å². The van der Waals surface area contributed by atoms with Gasteiger partial charge in [-0.15, -0.1) is 0 Å². The van der Waals surface area contributed by atoms with Crippen LogP contribution in [0.2, 0.25) is 0 Å². The summed E-state index contributed by atoms with van der Waals surface area (Å²) < 4.78 is 1.78. The van der Waals surface area contributed by atoms with Crippen molar-refractivity contribution in [3.63, 3.8) is 0 Å². The lowest BCUT2D eigenvalue weighted by Crippen LogP contribution is -2.39. The van der Waals surface area contributed by atoms with Crippen LogP contribution in [0.15, 0.2) is 30.6 Å². The minimum absolute atomic E-state index is 0.103. The fourth-order valence-electron chi connectivity index (χ4n) is 3.51. The number of carbonyl (C=O) groups is 1. The summed E-state index contributed by atoms with van der Waals surface area (Å²) in [6.45, 7) is 4.78. The number of hydrogen-bond donors (Lipinski definition) is 1. The largest absolute Gasteiger partial charge is 0.339 e. The van der Waals surface area contributed by atoms with Gasteiger partial charge >= 0.3 is 0 Å². The molecular formula is C19H27N5O. The van der Waals surface area contributed by atoms with Crippen LogP contribution in [-0.4, -0.2) is 52.3 Å². The number of hydrogen-bond acceptors (Lipinski definition) is 4. The summed E-state index contributed by atoms with van der Waals surface area (Å²) in [6, 6.07) is 5.72. The zero-order chi connectivity index (χ0) is 17.6. The molecule has 6 heteroatoms. The molecule has 0 aliphatic carbocycles. The third-order valence-corrected chi connectivity index (χ3v) is 5.00. The van der Waals surface area contributed by atoms with Gasteiger partial charge in [0.2, 0.25) is 0 Å². The van der Waals surface area contributed by atoms with E-state index in [9.17, 15) is 4.79 Å². The number of aromatic nitrogens is 3. The second-order valence-corrected chi connectivity index (χ2v) is 6.59. The van der Waals surface area contributed by atoms with Crippen LogP contribution in [0.25, 0.3) is 5.82 Å². The third-order valence-electron chi connectivity index (χ3n) is 5.00.